The molecule has 0 unspecified atom stereocenters. The van der Waals surface area contributed by atoms with Crippen LogP contribution in [0.25, 0.3) is 0 Å². The number of halogens is 1. The molecule has 0 bridgehead atoms. The zero-order valence-corrected chi connectivity index (χ0v) is 17.5. The van der Waals surface area contributed by atoms with Gasteiger partial charge in [0.25, 0.3) is 0 Å². The SMILES string of the molecule is O=C1CCCCC[C@@H]1Sc1nnc(COc2ccc(Cl)cc2)n1Cc1ccco1. The topological polar surface area (TPSA) is 70.2 Å². The summed E-state index contributed by atoms with van der Waals surface area (Å²) in [5, 5.41) is 10.0. The van der Waals surface area contributed by atoms with Crippen LogP contribution in [0.1, 0.15) is 43.7 Å². The first-order valence-corrected chi connectivity index (χ1v) is 11.0. The fraction of sp³-hybridized carbons (Fsp3) is 0.381. The zero-order valence-electron chi connectivity index (χ0n) is 15.9. The van der Waals surface area contributed by atoms with E-state index in [-0.39, 0.29) is 11.9 Å². The largest absolute Gasteiger partial charge is 0.486 e. The third-order valence-corrected chi connectivity index (χ3v) is 6.41. The van der Waals surface area contributed by atoms with Crippen molar-refractivity contribution >= 4 is 29.1 Å². The van der Waals surface area contributed by atoms with Crippen LogP contribution in [0.3, 0.4) is 0 Å². The Morgan fingerprint density at radius 2 is 2.03 bits per heavy atom. The van der Waals surface area contributed by atoms with Crippen molar-refractivity contribution in [3.05, 3.63) is 59.3 Å². The third kappa shape index (κ3) is 5.22. The predicted molar refractivity (Wildman–Crippen MR) is 111 cm³/mol. The molecule has 152 valence electrons. The van der Waals surface area contributed by atoms with Crippen molar-refractivity contribution < 1.29 is 13.9 Å². The molecule has 0 saturated heterocycles. The lowest BCUT2D eigenvalue weighted by Gasteiger charge is -2.14. The second-order valence-corrected chi connectivity index (χ2v) is 8.59. The number of ketones is 1. The van der Waals surface area contributed by atoms with Crippen LogP contribution in [0, 0.1) is 0 Å². The summed E-state index contributed by atoms with van der Waals surface area (Å²) in [6.07, 6.45) is 6.34. The Balaban J connectivity index is 1.54. The summed E-state index contributed by atoms with van der Waals surface area (Å²) in [5.41, 5.74) is 0. The van der Waals surface area contributed by atoms with Crippen LogP contribution in [0.5, 0.6) is 5.75 Å². The Kier molecular flexibility index (Phi) is 6.56. The number of furan rings is 1. The molecular formula is C21H22ClN3O3S. The highest BCUT2D eigenvalue weighted by Crippen LogP contribution is 2.31. The second kappa shape index (κ2) is 9.50. The van der Waals surface area contributed by atoms with Crippen molar-refractivity contribution in [2.45, 2.75) is 55.7 Å². The normalized spacial score (nSPS) is 17.3. The maximum atomic E-state index is 12.5. The monoisotopic (exact) mass is 431 g/mol. The average Bonchev–Trinajstić information content (AvgIpc) is 3.32. The van der Waals surface area contributed by atoms with Gasteiger partial charge < -0.3 is 9.15 Å². The van der Waals surface area contributed by atoms with Crippen LogP contribution in [-0.4, -0.2) is 25.8 Å². The number of rotatable bonds is 7. The van der Waals surface area contributed by atoms with E-state index in [0.717, 1.165) is 36.6 Å². The van der Waals surface area contributed by atoms with Gasteiger partial charge in [0, 0.05) is 11.4 Å². The van der Waals surface area contributed by atoms with Crippen molar-refractivity contribution in [1.29, 1.82) is 0 Å². The number of ether oxygens (including phenoxy) is 1. The standard InChI is InChI=1S/C21H22ClN3O3S/c22-15-8-10-16(11-9-15)28-14-20-23-24-21(25(20)13-17-5-4-12-27-17)29-19-7-3-1-2-6-18(19)26/h4-5,8-12,19H,1-3,6-7,13-14H2/t19-/m0/s1. The lowest BCUT2D eigenvalue weighted by molar-refractivity contribution is -0.118. The maximum absolute atomic E-state index is 12.5. The number of aromatic nitrogens is 3. The minimum absolute atomic E-state index is 0.0675. The molecule has 0 N–H and O–H groups in total. The van der Waals surface area contributed by atoms with Gasteiger partial charge in [0.05, 0.1) is 18.1 Å². The highest BCUT2D eigenvalue weighted by Gasteiger charge is 2.25. The zero-order chi connectivity index (χ0) is 20.1. The van der Waals surface area contributed by atoms with Crippen LogP contribution in [0.4, 0.5) is 0 Å². The van der Waals surface area contributed by atoms with Gasteiger partial charge in [-0.1, -0.05) is 36.2 Å². The molecule has 1 aliphatic rings. The highest BCUT2D eigenvalue weighted by atomic mass is 35.5. The molecule has 1 atom stereocenters. The lowest BCUT2D eigenvalue weighted by atomic mass is 10.2. The average molecular weight is 432 g/mol. The van der Waals surface area contributed by atoms with Gasteiger partial charge in [-0.2, -0.15) is 0 Å². The fourth-order valence-corrected chi connectivity index (χ4v) is 4.59. The van der Waals surface area contributed by atoms with Crippen molar-refractivity contribution in [2.75, 3.05) is 0 Å². The number of benzene rings is 1. The van der Waals surface area contributed by atoms with Crippen LogP contribution in [0.2, 0.25) is 5.02 Å². The molecule has 29 heavy (non-hydrogen) atoms. The van der Waals surface area contributed by atoms with Crippen molar-refractivity contribution in [3.8, 4) is 5.75 Å². The van der Waals surface area contributed by atoms with E-state index in [9.17, 15) is 4.79 Å². The quantitative estimate of drug-likeness (QED) is 0.482. The summed E-state index contributed by atoms with van der Waals surface area (Å²) >= 11 is 7.43. The predicted octanol–water partition coefficient (Wildman–Crippen LogP) is 5.15. The van der Waals surface area contributed by atoms with E-state index in [1.54, 1.807) is 18.4 Å². The summed E-state index contributed by atoms with van der Waals surface area (Å²) in [4.78, 5) is 12.5. The summed E-state index contributed by atoms with van der Waals surface area (Å²) in [6.45, 7) is 0.747. The summed E-state index contributed by atoms with van der Waals surface area (Å²) in [6, 6.07) is 11.0. The molecule has 8 heteroatoms. The molecule has 1 aliphatic carbocycles. The maximum Gasteiger partial charge on any atom is 0.192 e. The Morgan fingerprint density at radius 3 is 2.83 bits per heavy atom. The van der Waals surface area contributed by atoms with E-state index in [4.69, 9.17) is 20.8 Å². The van der Waals surface area contributed by atoms with Gasteiger partial charge in [-0.15, -0.1) is 10.2 Å². The molecule has 0 radical (unpaired) electrons. The molecule has 2 aromatic heterocycles. The minimum Gasteiger partial charge on any atom is -0.486 e. The molecule has 0 aliphatic heterocycles. The van der Waals surface area contributed by atoms with Gasteiger partial charge in [-0.25, -0.2) is 0 Å². The molecule has 0 spiro atoms. The molecule has 2 heterocycles. The number of hydrogen-bond acceptors (Lipinski definition) is 6. The minimum atomic E-state index is -0.0675. The molecule has 0 amide bonds. The van der Waals surface area contributed by atoms with Gasteiger partial charge >= 0.3 is 0 Å². The van der Waals surface area contributed by atoms with E-state index in [1.165, 1.54) is 11.8 Å². The Bertz CT molecular complexity index is 941. The molecule has 1 saturated carbocycles. The Hall–Kier alpha value is -2.25. The van der Waals surface area contributed by atoms with Gasteiger partial charge in [0.1, 0.15) is 23.9 Å². The Labute approximate surface area is 178 Å². The molecule has 4 rings (SSSR count). The summed E-state index contributed by atoms with van der Waals surface area (Å²) in [7, 11) is 0. The van der Waals surface area contributed by atoms with Gasteiger partial charge in [-0.3, -0.25) is 9.36 Å². The van der Waals surface area contributed by atoms with Gasteiger partial charge in [0.15, 0.2) is 11.0 Å². The third-order valence-electron chi connectivity index (χ3n) is 4.87. The molecule has 1 aromatic carbocycles. The molecular weight excluding hydrogens is 410 g/mol. The molecule has 6 nitrogen and oxygen atoms in total. The first-order chi connectivity index (χ1) is 14.2. The summed E-state index contributed by atoms with van der Waals surface area (Å²) in [5.74, 6) is 2.49. The first kappa shape index (κ1) is 20.0. The van der Waals surface area contributed by atoms with E-state index in [0.29, 0.717) is 35.3 Å². The number of thioether (sulfide) groups is 1. The molecule has 1 fully saturated rings. The van der Waals surface area contributed by atoms with E-state index >= 15 is 0 Å². The van der Waals surface area contributed by atoms with Crippen LogP contribution in [-0.2, 0) is 17.9 Å². The lowest BCUT2D eigenvalue weighted by Crippen LogP contribution is -2.17. The van der Waals surface area contributed by atoms with Gasteiger partial charge in [-0.05, 0) is 49.2 Å². The van der Waals surface area contributed by atoms with Crippen LogP contribution >= 0.6 is 23.4 Å². The number of nitrogens with zero attached hydrogens (tertiary/aromatic N) is 3. The van der Waals surface area contributed by atoms with E-state index in [1.807, 2.05) is 28.8 Å². The molecule has 3 aromatic rings. The van der Waals surface area contributed by atoms with Crippen LogP contribution in [0.15, 0.2) is 52.2 Å². The van der Waals surface area contributed by atoms with Crippen molar-refractivity contribution in [1.82, 2.24) is 14.8 Å². The number of Topliss-reactive ketones (excluding diaryl/α,β-unsaturated/α-hetero) is 1. The smallest absolute Gasteiger partial charge is 0.192 e. The van der Waals surface area contributed by atoms with E-state index < -0.39 is 0 Å². The number of hydrogen-bond donors (Lipinski definition) is 0. The van der Waals surface area contributed by atoms with Gasteiger partial charge in [0.2, 0.25) is 0 Å². The number of carbonyl (C=O) groups is 1. The second-order valence-electron chi connectivity index (χ2n) is 6.98. The first-order valence-electron chi connectivity index (χ1n) is 9.71. The fourth-order valence-electron chi connectivity index (χ4n) is 3.29. The van der Waals surface area contributed by atoms with E-state index in [2.05, 4.69) is 10.2 Å². The van der Waals surface area contributed by atoms with Crippen molar-refractivity contribution in [3.63, 3.8) is 0 Å². The highest BCUT2D eigenvalue weighted by molar-refractivity contribution is 8.00. The van der Waals surface area contributed by atoms with Crippen LogP contribution < -0.4 is 4.74 Å². The Morgan fingerprint density at radius 1 is 1.17 bits per heavy atom. The number of carbonyl (C=O) groups excluding carboxylic acids is 1. The van der Waals surface area contributed by atoms with Crippen molar-refractivity contribution in [2.24, 2.45) is 0 Å². The summed E-state index contributed by atoms with van der Waals surface area (Å²) < 4.78 is 13.3.